The van der Waals surface area contributed by atoms with E-state index in [-0.39, 0.29) is 5.82 Å². The second-order valence-electron chi connectivity index (χ2n) is 2.25. The van der Waals surface area contributed by atoms with Crippen LogP contribution in [0.3, 0.4) is 0 Å². The standard InChI is InChI=1S/C7H11ClN2O2/c1-2-11-4-3-5-6(8)7(9)10-12-5/h2-4H2,1H3,(H2,9,10). The van der Waals surface area contributed by atoms with Crippen molar-refractivity contribution in [2.75, 3.05) is 18.9 Å². The molecule has 1 aromatic heterocycles. The molecule has 0 atom stereocenters. The molecule has 2 N–H and O–H groups in total. The van der Waals surface area contributed by atoms with E-state index in [0.717, 1.165) is 0 Å². The average molecular weight is 191 g/mol. The van der Waals surface area contributed by atoms with Gasteiger partial charge in [-0.2, -0.15) is 0 Å². The molecule has 4 nitrogen and oxygen atoms in total. The lowest BCUT2D eigenvalue weighted by Crippen LogP contribution is -1.97. The van der Waals surface area contributed by atoms with Gasteiger partial charge >= 0.3 is 0 Å². The Labute approximate surface area is 75.6 Å². The molecule has 0 aliphatic rings. The van der Waals surface area contributed by atoms with E-state index < -0.39 is 0 Å². The number of ether oxygens (including phenoxy) is 1. The third-order valence-electron chi connectivity index (χ3n) is 1.40. The summed E-state index contributed by atoms with van der Waals surface area (Å²) in [6.07, 6.45) is 0.608. The average Bonchev–Trinajstić information content (AvgIpc) is 2.36. The van der Waals surface area contributed by atoms with Crippen molar-refractivity contribution < 1.29 is 9.26 Å². The number of halogens is 1. The van der Waals surface area contributed by atoms with Gasteiger partial charge in [-0.3, -0.25) is 0 Å². The maximum atomic E-state index is 5.75. The minimum Gasteiger partial charge on any atom is -0.381 e. The van der Waals surface area contributed by atoms with Gasteiger partial charge in [0.25, 0.3) is 0 Å². The quantitative estimate of drug-likeness (QED) is 0.731. The summed E-state index contributed by atoms with van der Waals surface area (Å²) in [5.74, 6) is 0.825. The first kappa shape index (κ1) is 9.35. The minimum absolute atomic E-state index is 0.239. The number of hydrogen-bond acceptors (Lipinski definition) is 4. The van der Waals surface area contributed by atoms with Crippen LogP contribution in [0.15, 0.2) is 4.52 Å². The Kier molecular flexibility index (Phi) is 3.37. The maximum absolute atomic E-state index is 5.75. The molecule has 0 saturated heterocycles. The fourth-order valence-corrected chi connectivity index (χ4v) is 0.955. The molecule has 68 valence electrons. The Morgan fingerprint density at radius 3 is 2.92 bits per heavy atom. The Balaban J connectivity index is 2.46. The number of aromatic nitrogens is 1. The van der Waals surface area contributed by atoms with Gasteiger partial charge in [0.1, 0.15) is 5.02 Å². The topological polar surface area (TPSA) is 61.3 Å². The fourth-order valence-electron chi connectivity index (χ4n) is 0.792. The molecule has 0 unspecified atom stereocenters. The predicted octanol–water partition coefficient (Wildman–Crippen LogP) is 1.49. The molecule has 0 aliphatic carbocycles. The summed E-state index contributed by atoms with van der Waals surface area (Å²) in [7, 11) is 0. The van der Waals surface area contributed by atoms with Crippen molar-refractivity contribution in [2.24, 2.45) is 0 Å². The summed E-state index contributed by atoms with van der Waals surface area (Å²) >= 11 is 5.75. The highest BCUT2D eigenvalue weighted by atomic mass is 35.5. The van der Waals surface area contributed by atoms with Crippen molar-refractivity contribution in [1.29, 1.82) is 0 Å². The van der Waals surface area contributed by atoms with Crippen LogP contribution in [0.25, 0.3) is 0 Å². The lowest BCUT2D eigenvalue weighted by Gasteiger charge is -1.96. The number of rotatable bonds is 4. The number of nitrogens with zero attached hydrogens (tertiary/aromatic N) is 1. The molecule has 0 aliphatic heterocycles. The molecule has 1 aromatic rings. The van der Waals surface area contributed by atoms with Gasteiger partial charge in [-0.25, -0.2) is 0 Å². The van der Waals surface area contributed by atoms with E-state index >= 15 is 0 Å². The van der Waals surface area contributed by atoms with Gasteiger partial charge in [-0.1, -0.05) is 16.8 Å². The second-order valence-corrected chi connectivity index (χ2v) is 2.63. The fraction of sp³-hybridized carbons (Fsp3) is 0.571. The molecule has 0 fully saturated rings. The Morgan fingerprint density at radius 2 is 2.42 bits per heavy atom. The number of hydrogen-bond donors (Lipinski definition) is 1. The van der Waals surface area contributed by atoms with Gasteiger partial charge in [0.15, 0.2) is 11.6 Å². The van der Waals surface area contributed by atoms with Crippen LogP contribution in [0.4, 0.5) is 5.82 Å². The molecule has 0 aromatic carbocycles. The monoisotopic (exact) mass is 190 g/mol. The second kappa shape index (κ2) is 4.33. The van der Waals surface area contributed by atoms with Crippen molar-refractivity contribution in [1.82, 2.24) is 5.16 Å². The summed E-state index contributed by atoms with van der Waals surface area (Å²) in [5.41, 5.74) is 5.37. The molecule has 5 heteroatoms. The molecule has 12 heavy (non-hydrogen) atoms. The molecular weight excluding hydrogens is 180 g/mol. The van der Waals surface area contributed by atoms with Crippen LogP contribution in [0.2, 0.25) is 5.02 Å². The predicted molar refractivity (Wildman–Crippen MR) is 46.1 cm³/mol. The van der Waals surface area contributed by atoms with E-state index in [1.165, 1.54) is 0 Å². The molecule has 0 amide bonds. The number of nitrogen functional groups attached to an aromatic ring is 1. The molecule has 1 heterocycles. The molecular formula is C7H11ClN2O2. The highest BCUT2D eigenvalue weighted by Gasteiger charge is 2.10. The van der Waals surface area contributed by atoms with Crippen LogP contribution in [-0.4, -0.2) is 18.4 Å². The van der Waals surface area contributed by atoms with Crippen molar-refractivity contribution in [3.05, 3.63) is 10.8 Å². The van der Waals surface area contributed by atoms with Crippen molar-refractivity contribution in [2.45, 2.75) is 13.3 Å². The van der Waals surface area contributed by atoms with Gasteiger partial charge in [0.2, 0.25) is 0 Å². The van der Waals surface area contributed by atoms with Crippen LogP contribution in [0.5, 0.6) is 0 Å². The zero-order chi connectivity index (χ0) is 8.97. The van der Waals surface area contributed by atoms with Crippen molar-refractivity contribution >= 4 is 17.4 Å². The van der Waals surface area contributed by atoms with Crippen molar-refractivity contribution in [3.63, 3.8) is 0 Å². The van der Waals surface area contributed by atoms with Crippen LogP contribution in [0.1, 0.15) is 12.7 Å². The normalized spacial score (nSPS) is 10.5. The van der Waals surface area contributed by atoms with Gasteiger partial charge < -0.3 is 15.0 Å². The largest absolute Gasteiger partial charge is 0.381 e. The first-order valence-corrected chi connectivity index (χ1v) is 4.10. The van der Waals surface area contributed by atoms with Crippen LogP contribution >= 0.6 is 11.6 Å². The molecule has 0 bridgehead atoms. The van der Waals surface area contributed by atoms with Gasteiger partial charge in [-0.05, 0) is 6.92 Å². The lowest BCUT2D eigenvalue weighted by atomic mass is 10.3. The first-order valence-electron chi connectivity index (χ1n) is 3.73. The zero-order valence-electron chi connectivity index (χ0n) is 6.84. The third-order valence-corrected chi connectivity index (χ3v) is 1.81. The third kappa shape index (κ3) is 2.12. The maximum Gasteiger partial charge on any atom is 0.185 e. The Hall–Kier alpha value is -0.740. The number of nitrogens with two attached hydrogens (primary N) is 1. The smallest absolute Gasteiger partial charge is 0.185 e. The summed E-state index contributed by atoms with van der Waals surface area (Å²) in [6, 6.07) is 0. The van der Waals surface area contributed by atoms with Crippen LogP contribution < -0.4 is 5.73 Å². The highest BCUT2D eigenvalue weighted by molar-refractivity contribution is 6.33. The highest BCUT2D eigenvalue weighted by Crippen LogP contribution is 2.22. The summed E-state index contributed by atoms with van der Waals surface area (Å²) in [4.78, 5) is 0. The summed E-state index contributed by atoms with van der Waals surface area (Å²) in [5, 5.41) is 3.91. The SMILES string of the molecule is CCOCCc1onc(N)c1Cl. The zero-order valence-corrected chi connectivity index (χ0v) is 7.60. The Morgan fingerprint density at radius 1 is 1.67 bits per heavy atom. The van der Waals surface area contributed by atoms with E-state index in [0.29, 0.717) is 30.4 Å². The van der Waals surface area contributed by atoms with E-state index in [9.17, 15) is 0 Å². The van der Waals surface area contributed by atoms with Gasteiger partial charge in [0.05, 0.1) is 6.61 Å². The molecule has 1 rings (SSSR count). The molecule has 0 spiro atoms. The van der Waals surface area contributed by atoms with E-state index in [2.05, 4.69) is 5.16 Å². The van der Waals surface area contributed by atoms with E-state index in [4.69, 9.17) is 26.6 Å². The number of anilines is 1. The van der Waals surface area contributed by atoms with Gasteiger partial charge in [-0.15, -0.1) is 0 Å². The van der Waals surface area contributed by atoms with Crippen LogP contribution in [0, 0.1) is 0 Å². The lowest BCUT2D eigenvalue weighted by molar-refractivity contribution is 0.145. The molecule has 0 saturated carbocycles. The van der Waals surface area contributed by atoms with Crippen LogP contribution in [-0.2, 0) is 11.2 Å². The minimum atomic E-state index is 0.239. The van der Waals surface area contributed by atoms with E-state index in [1.54, 1.807) is 0 Å². The summed E-state index contributed by atoms with van der Waals surface area (Å²) < 4.78 is 9.97. The Bertz CT molecular complexity index is 250. The molecule has 0 radical (unpaired) electrons. The van der Waals surface area contributed by atoms with Gasteiger partial charge in [0, 0.05) is 13.0 Å². The summed E-state index contributed by atoms with van der Waals surface area (Å²) in [6.45, 7) is 3.18. The first-order chi connectivity index (χ1) is 5.75. The van der Waals surface area contributed by atoms with E-state index in [1.807, 2.05) is 6.92 Å². The van der Waals surface area contributed by atoms with Crippen molar-refractivity contribution in [3.8, 4) is 0 Å².